The fourth-order valence-electron chi connectivity index (χ4n) is 3.29. The van der Waals surface area contributed by atoms with Crippen molar-refractivity contribution in [2.45, 2.75) is 44.6 Å². The molecule has 2 rings (SSSR count). The monoisotopic (exact) mass is 183 g/mol. The van der Waals surface area contributed by atoms with Gasteiger partial charge in [0.05, 0.1) is 5.60 Å². The third-order valence-electron chi connectivity index (χ3n) is 4.35. The van der Waals surface area contributed by atoms with Crippen molar-refractivity contribution in [1.29, 1.82) is 0 Å². The number of hydrogen-bond donors (Lipinski definition) is 2. The van der Waals surface area contributed by atoms with Gasteiger partial charge in [-0.05, 0) is 43.6 Å². The zero-order valence-electron chi connectivity index (χ0n) is 8.50. The van der Waals surface area contributed by atoms with Gasteiger partial charge in [-0.15, -0.1) is 0 Å². The van der Waals surface area contributed by atoms with Crippen LogP contribution in [0.15, 0.2) is 0 Å². The molecule has 0 saturated heterocycles. The molecule has 2 aliphatic rings. The molecule has 0 aromatic rings. The topological polar surface area (TPSA) is 46.2 Å². The van der Waals surface area contributed by atoms with Crippen LogP contribution in [0.25, 0.3) is 0 Å². The van der Waals surface area contributed by atoms with Gasteiger partial charge in [-0.3, -0.25) is 0 Å². The van der Waals surface area contributed by atoms with Gasteiger partial charge in [0.25, 0.3) is 0 Å². The number of hydrogen-bond acceptors (Lipinski definition) is 2. The second-order valence-corrected chi connectivity index (χ2v) is 4.98. The smallest absolute Gasteiger partial charge is 0.0718 e. The molecule has 2 nitrogen and oxygen atoms in total. The van der Waals surface area contributed by atoms with Gasteiger partial charge in [0.2, 0.25) is 0 Å². The van der Waals surface area contributed by atoms with E-state index in [1.807, 2.05) is 0 Å². The van der Waals surface area contributed by atoms with E-state index < -0.39 is 5.60 Å². The van der Waals surface area contributed by atoms with Crippen molar-refractivity contribution in [3.8, 4) is 0 Å². The summed E-state index contributed by atoms with van der Waals surface area (Å²) in [6.07, 6.45) is 6.25. The lowest BCUT2D eigenvalue weighted by Gasteiger charge is -2.57. The van der Waals surface area contributed by atoms with Crippen LogP contribution in [0, 0.1) is 17.8 Å². The first-order chi connectivity index (χ1) is 6.18. The van der Waals surface area contributed by atoms with E-state index in [-0.39, 0.29) is 5.92 Å². The van der Waals surface area contributed by atoms with Crippen LogP contribution >= 0.6 is 0 Å². The Bertz CT molecular complexity index is 195. The van der Waals surface area contributed by atoms with E-state index in [4.69, 9.17) is 5.73 Å². The predicted molar refractivity (Wildman–Crippen MR) is 53.2 cm³/mol. The number of aliphatic hydroxyl groups is 1. The van der Waals surface area contributed by atoms with E-state index >= 15 is 0 Å². The minimum absolute atomic E-state index is 0.284. The molecule has 3 N–H and O–H groups in total. The summed E-state index contributed by atoms with van der Waals surface area (Å²) < 4.78 is 0. The molecule has 0 heterocycles. The third-order valence-corrected chi connectivity index (χ3v) is 4.35. The zero-order valence-corrected chi connectivity index (χ0v) is 8.50. The van der Waals surface area contributed by atoms with Crippen molar-refractivity contribution in [1.82, 2.24) is 0 Å². The van der Waals surface area contributed by atoms with Crippen molar-refractivity contribution < 1.29 is 5.11 Å². The van der Waals surface area contributed by atoms with E-state index in [1.165, 1.54) is 25.7 Å². The summed E-state index contributed by atoms with van der Waals surface area (Å²) in [6.45, 7) is 2.71. The fraction of sp³-hybridized carbons (Fsp3) is 1.00. The molecule has 4 atom stereocenters. The van der Waals surface area contributed by atoms with Crippen LogP contribution in [0.2, 0.25) is 0 Å². The van der Waals surface area contributed by atoms with Crippen LogP contribution in [0.4, 0.5) is 0 Å². The average molecular weight is 183 g/mol. The van der Waals surface area contributed by atoms with Crippen LogP contribution in [-0.4, -0.2) is 17.3 Å². The first-order valence-electron chi connectivity index (χ1n) is 5.61. The Balaban J connectivity index is 2.02. The Morgan fingerprint density at radius 2 is 2.15 bits per heavy atom. The lowest BCUT2D eigenvalue weighted by atomic mass is 9.52. The summed E-state index contributed by atoms with van der Waals surface area (Å²) in [7, 11) is 0. The van der Waals surface area contributed by atoms with E-state index in [1.54, 1.807) is 0 Å². The Morgan fingerprint density at radius 1 is 1.46 bits per heavy atom. The Morgan fingerprint density at radius 3 is 2.77 bits per heavy atom. The van der Waals surface area contributed by atoms with Gasteiger partial charge in [0, 0.05) is 0 Å². The van der Waals surface area contributed by atoms with Gasteiger partial charge < -0.3 is 10.8 Å². The molecule has 0 radical (unpaired) electrons. The maximum atomic E-state index is 10.4. The highest BCUT2D eigenvalue weighted by Crippen LogP contribution is 2.54. The van der Waals surface area contributed by atoms with Gasteiger partial charge in [-0.1, -0.05) is 19.8 Å². The molecule has 0 aromatic heterocycles. The summed E-state index contributed by atoms with van der Waals surface area (Å²) in [5.74, 6) is 1.67. The fourth-order valence-corrected chi connectivity index (χ4v) is 3.29. The number of rotatable bonds is 2. The largest absolute Gasteiger partial charge is 0.389 e. The minimum Gasteiger partial charge on any atom is -0.389 e. The molecule has 13 heavy (non-hydrogen) atoms. The first-order valence-corrected chi connectivity index (χ1v) is 5.61. The lowest BCUT2D eigenvalue weighted by Crippen LogP contribution is -2.60. The molecular formula is C11H21NO. The normalized spacial score (nSPS) is 46.4. The molecule has 0 amide bonds. The highest BCUT2D eigenvalue weighted by atomic mass is 16.3. The molecule has 0 spiro atoms. The van der Waals surface area contributed by atoms with Crippen molar-refractivity contribution in [3.63, 3.8) is 0 Å². The molecule has 2 saturated carbocycles. The van der Waals surface area contributed by atoms with Crippen molar-refractivity contribution >= 4 is 0 Å². The molecule has 76 valence electrons. The molecule has 2 unspecified atom stereocenters. The maximum Gasteiger partial charge on any atom is 0.0718 e. The van der Waals surface area contributed by atoms with Crippen molar-refractivity contribution in [2.75, 3.05) is 6.54 Å². The van der Waals surface area contributed by atoms with E-state index in [2.05, 4.69) is 6.92 Å². The molecule has 0 bridgehead atoms. The SMILES string of the molecule is CC(CN)C1(O)C[C@@H]2CCCC[C@@H]21. The van der Waals surface area contributed by atoms with Crippen LogP contribution in [0.1, 0.15) is 39.0 Å². The Kier molecular flexibility index (Phi) is 2.37. The Labute approximate surface area is 80.5 Å². The van der Waals surface area contributed by atoms with E-state index in [0.29, 0.717) is 12.5 Å². The van der Waals surface area contributed by atoms with Gasteiger partial charge in [0.15, 0.2) is 0 Å². The van der Waals surface area contributed by atoms with Gasteiger partial charge in [0.1, 0.15) is 0 Å². The van der Waals surface area contributed by atoms with E-state index in [9.17, 15) is 5.11 Å². The van der Waals surface area contributed by atoms with Gasteiger partial charge in [-0.25, -0.2) is 0 Å². The van der Waals surface area contributed by atoms with E-state index in [0.717, 1.165) is 12.3 Å². The molecule has 0 aliphatic heterocycles. The summed E-state index contributed by atoms with van der Waals surface area (Å²) in [6, 6.07) is 0. The minimum atomic E-state index is -0.403. The third kappa shape index (κ3) is 1.31. The van der Waals surface area contributed by atoms with Crippen LogP contribution in [-0.2, 0) is 0 Å². The molecule has 0 aromatic carbocycles. The number of fused-ring (bicyclic) bond motifs is 1. The number of nitrogens with two attached hydrogens (primary N) is 1. The summed E-state index contributed by atoms with van der Waals surface area (Å²) in [5, 5.41) is 10.4. The van der Waals surface area contributed by atoms with Crippen molar-refractivity contribution in [3.05, 3.63) is 0 Å². The zero-order chi connectivity index (χ0) is 9.47. The standard InChI is InChI=1S/C11H21NO/c1-8(7-12)11(13)6-9-4-2-3-5-10(9)11/h8-10,13H,2-7,12H2,1H3/t8?,9-,10-,11?/m0/s1. The summed E-state index contributed by atoms with van der Waals surface area (Å²) >= 11 is 0. The average Bonchev–Trinajstić information content (AvgIpc) is 2.15. The molecular weight excluding hydrogens is 162 g/mol. The van der Waals surface area contributed by atoms with Crippen molar-refractivity contribution in [2.24, 2.45) is 23.5 Å². The summed E-state index contributed by atoms with van der Waals surface area (Å²) in [5.41, 5.74) is 5.23. The molecule has 2 aliphatic carbocycles. The maximum absolute atomic E-state index is 10.4. The second-order valence-electron chi connectivity index (χ2n) is 4.98. The second kappa shape index (κ2) is 3.25. The quantitative estimate of drug-likeness (QED) is 0.682. The predicted octanol–water partition coefficient (Wildman–Crippen LogP) is 1.52. The first kappa shape index (κ1) is 9.47. The summed E-state index contributed by atoms with van der Waals surface area (Å²) in [4.78, 5) is 0. The molecule has 2 fully saturated rings. The molecule has 2 heteroatoms. The Hall–Kier alpha value is -0.0800. The lowest BCUT2D eigenvalue weighted by molar-refractivity contribution is -0.182. The van der Waals surface area contributed by atoms with Crippen LogP contribution < -0.4 is 5.73 Å². The van der Waals surface area contributed by atoms with Gasteiger partial charge >= 0.3 is 0 Å². The van der Waals surface area contributed by atoms with Gasteiger partial charge in [-0.2, -0.15) is 0 Å². The van der Waals surface area contributed by atoms with Crippen LogP contribution in [0.5, 0.6) is 0 Å². The van der Waals surface area contributed by atoms with Crippen LogP contribution in [0.3, 0.4) is 0 Å². The highest BCUT2D eigenvalue weighted by Gasteiger charge is 2.55. The highest BCUT2D eigenvalue weighted by molar-refractivity contribution is 5.05.